The lowest BCUT2D eigenvalue weighted by atomic mass is 9.95. The molecule has 0 aromatic rings. The summed E-state index contributed by atoms with van der Waals surface area (Å²) >= 11 is 0. The average Bonchev–Trinajstić information content (AvgIpc) is 2.05. The Balaban J connectivity index is 2.34. The maximum Gasteiger partial charge on any atom is 0.120 e. The zero-order valence-electron chi connectivity index (χ0n) is 8.12. The van der Waals surface area contributed by atoms with Crippen LogP contribution in [0.2, 0.25) is 0 Å². The molecular weight excluding hydrogens is 150 g/mol. The predicted molar refractivity (Wildman–Crippen MR) is 50.1 cm³/mol. The van der Waals surface area contributed by atoms with Crippen molar-refractivity contribution in [2.45, 2.75) is 39.2 Å². The molecule has 0 radical (unpaired) electrons. The minimum Gasteiger partial charge on any atom is -0.303 e. The van der Waals surface area contributed by atoms with Crippen molar-refractivity contribution in [3.05, 3.63) is 0 Å². The second-order valence-electron chi connectivity index (χ2n) is 4.00. The smallest absolute Gasteiger partial charge is 0.120 e. The third-order valence-corrected chi connectivity index (χ3v) is 2.71. The number of rotatable bonds is 3. The summed E-state index contributed by atoms with van der Waals surface area (Å²) in [6, 6.07) is 0.638. The first-order valence-corrected chi connectivity index (χ1v) is 4.91. The van der Waals surface area contributed by atoms with Crippen LogP contribution in [0.4, 0.5) is 0 Å². The van der Waals surface area contributed by atoms with Crippen LogP contribution in [0.5, 0.6) is 0 Å². The third kappa shape index (κ3) is 2.59. The summed E-state index contributed by atoms with van der Waals surface area (Å²) in [5.74, 6) is 0.624. The van der Waals surface area contributed by atoms with Crippen LogP contribution in [0.15, 0.2) is 0 Å². The van der Waals surface area contributed by atoms with Crippen molar-refractivity contribution in [1.29, 1.82) is 0 Å². The van der Waals surface area contributed by atoms with Gasteiger partial charge in [-0.15, -0.1) is 0 Å². The molecule has 0 aliphatic carbocycles. The maximum absolute atomic E-state index is 10.3. The molecule has 1 fully saturated rings. The van der Waals surface area contributed by atoms with E-state index < -0.39 is 0 Å². The first-order chi connectivity index (χ1) is 5.74. The summed E-state index contributed by atoms with van der Waals surface area (Å²) in [6.45, 7) is 6.79. The van der Waals surface area contributed by atoms with E-state index in [0.29, 0.717) is 12.0 Å². The number of hydrogen-bond donors (Lipinski definition) is 0. The number of nitrogens with zero attached hydrogens (tertiary/aromatic N) is 1. The minimum atomic E-state index is 0.624. The summed E-state index contributed by atoms with van der Waals surface area (Å²) in [6.07, 6.45) is 4.32. The molecular formula is C10H19NO. The fraction of sp³-hybridized carbons (Fsp3) is 0.900. The molecule has 0 bridgehead atoms. The predicted octanol–water partition coefficient (Wildman–Crippen LogP) is 1.70. The second kappa shape index (κ2) is 4.61. The zero-order valence-corrected chi connectivity index (χ0v) is 8.12. The van der Waals surface area contributed by atoms with Crippen LogP contribution in [0.25, 0.3) is 0 Å². The van der Waals surface area contributed by atoms with Crippen LogP contribution in [0.3, 0.4) is 0 Å². The largest absolute Gasteiger partial charge is 0.303 e. The van der Waals surface area contributed by atoms with Gasteiger partial charge in [0.15, 0.2) is 0 Å². The van der Waals surface area contributed by atoms with Gasteiger partial charge in [-0.25, -0.2) is 0 Å². The van der Waals surface area contributed by atoms with Crippen LogP contribution in [0, 0.1) is 5.92 Å². The van der Waals surface area contributed by atoms with E-state index in [1.807, 2.05) is 0 Å². The van der Waals surface area contributed by atoms with Crippen molar-refractivity contribution in [1.82, 2.24) is 4.90 Å². The van der Waals surface area contributed by atoms with Gasteiger partial charge in [0.2, 0.25) is 0 Å². The van der Waals surface area contributed by atoms with E-state index in [1.54, 1.807) is 0 Å². The molecule has 0 spiro atoms. The van der Waals surface area contributed by atoms with Crippen LogP contribution >= 0.6 is 0 Å². The Morgan fingerprint density at radius 2 is 2.33 bits per heavy atom. The molecule has 0 aromatic carbocycles. The van der Waals surface area contributed by atoms with Crippen molar-refractivity contribution >= 4 is 6.29 Å². The number of carbonyl (C=O) groups is 1. The first kappa shape index (κ1) is 9.72. The number of hydrogen-bond acceptors (Lipinski definition) is 2. The van der Waals surface area contributed by atoms with Gasteiger partial charge >= 0.3 is 0 Å². The monoisotopic (exact) mass is 169 g/mol. The Bertz CT molecular complexity index is 145. The molecule has 1 aliphatic rings. The lowest BCUT2D eigenvalue weighted by Gasteiger charge is -2.34. The molecule has 12 heavy (non-hydrogen) atoms. The molecule has 1 saturated heterocycles. The Morgan fingerprint density at radius 3 is 2.92 bits per heavy atom. The standard InChI is InChI=1S/C10H19NO/c1-9(2)11-6-3-4-10(8-11)5-7-12/h7,9-10H,3-6,8H2,1-2H3. The Morgan fingerprint density at radius 1 is 1.58 bits per heavy atom. The van der Waals surface area contributed by atoms with E-state index >= 15 is 0 Å². The van der Waals surface area contributed by atoms with E-state index in [4.69, 9.17) is 0 Å². The van der Waals surface area contributed by atoms with Crippen molar-refractivity contribution in [2.24, 2.45) is 5.92 Å². The number of piperidine rings is 1. The van der Waals surface area contributed by atoms with Gasteiger partial charge in [0.05, 0.1) is 0 Å². The van der Waals surface area contributed by atoms with Gasteiger partial charge < -0.3 is 9.69 Å². The van der Waals surface area contributed by atoms with Crippen molar-refractivity contribution in [3.63, 3.8) is 0 Å². The summed E-state index contributed by atoms with van der Waals surface area (Å²) in [7, 11) is 0. The fourth-order valence-corrected chi connectivity index (χ4v) is 1.89. The van der Waals surface area contributed by atoms with Gasteiger partial charge in [0.1, 0.15) is 6.29 Å². The van der Waals surface area contributed by atoms with E-state index in [-0.39, 0.29) is 0 Å². The van der Waals surface area contributed by atoms with Crippen LogP contribution in [-0.2, 0) is 4.79 Å². The molecule has 1 aliphatic heterocycles. The van der Waals surface area contributed by atoms with Crippen LogP contribution < -0.4 is 0 Å². The molecule has 2 heteroatoms. The van der Waals surface area contributed by atoms with Gasteiger partial charge in [-0.3, -0.25) is 0 Å². The summed E-state index contributed by atoms with van der Waals surface area (Å²) in [4.78, 5) is 12.8. The number of aldehydes is 1. The lowest BCUT2D eigenvalue weighted by Crippen LogP contribution is -2.39. The van der Waals surface area contributed by atoms with Gasteiger partial charge in [0, 0.05) is 19.0 Å². The molecule has 70 valence electrons. The average molecular weight is 169 g/mol. The van der Waals surface area contributed by atoms with E-state index in [9.17, 15) is 4.79 Å². The van der Waals surface area contributed by atoms with Gasteiger partial charge in [-0.2, -0.15) is 0 Å². The molecule has 0 aromatic heterocycles. The normalized spacial score (nSPS) is 26.1. The SMILES string of the molecule is CC(C)N1CCCC(CC=O)C1. The number of carbonyl (C=O) groups excluding carboxylic acids is 1. The van der Waals surface area contributed by atoms with Gasteiger partial charge in [0.25, 0.3) is 0 Å². The Hall–Kier alpha value is -0.370. The van der Waals surface area contributed by atoms with Crippen LogP contribution in [0.1, 0.15) is 33.1 Å². The first-order valence-electron chi connectivity index (χ1n) is 4.91. The summed E-state index contributed by atoms with van der Waals surface area (Å²) in [5.41, 5.74) is 0. The van der Waals surface area contributed by atoms with E-state index in [2.05, 4.69) is 18.7 Å². The molecule has 1 heterocycles. The summed E-state index contributed by atoms with van der Waals surface area (Å²) < 4.78 is 0. The highest BCUT2D eigenvalue weighted by Gasteiger charge is 2.20. The summed E-state index contributed by atoms with van der Waals surface area (Å²) in [5, 5.41) is 0. The lowest BCUT2D eigenvalue weighted by molar-refractivity contribution is -0.109. The number of likely N-dealkylation sites (tertiary alicyclic amines) is 1. The molecule has 1 unspecified atom stereocenters. The quantitative estimate of drug-likeness (QED) is 0.599. The zero-order chi connectivity index (χ0) is 8.97. The van der Waals surface area contributed by atoms with Gasteiger partial charge in [-0.1, -0.05) is 0 Å². The molecule has 0 saturated carbocycles. The molecule has 0 amide bonds. The van der Waals surface area contributed by atoms with Crippen molar-refractivity contribution in [2.75, 3.05) is 13.1 Å². The molecule has 0 N–H and O–H groups in total. The van der Waals surface area contributed by atoms with Gasteiger partial charge in [-0.05, 0) is 39.2 Å². The third-order valence-electron chi connectivity index (χ3n) is 2.71. The van der Waals surface area contributed by atoms with E-state index in [0.717, 1.165) is 19.3 Å². The van der Waals surface area contributed by atoms with Crippen molar-refractivity contribution < 1.29 is 4.79 Å². The van der Waals surface area contributed by atoms with E-state index in [1.165, 1.54) is 19.4 Å². The minimum absolute atomic E-state index is 0.624. The highest BCUT2D eigenvalue weighted by Crippen LogP contribution is 2.19. The highest BCUT2D eigenvalue weighted by atomic mass is 16.1. The topological polar surface area (TPSA) is 20.3 Å². The van der Waals surface area contributed by atoms with Crippen molar-refractivity contribution in [3.8, 4) is 0 Å². The Kier molecular flexibility index (Phi) is 3.73. The highest BCUT2D eigenvalue weighted by molar-refractivity contribution is 5.49. The molecule has 1 rings (SSSR count). The molecule has 1 atom stereocenters. The second-order valence-corrected chi connectivity index (χ2v) is 4.00. The molecule has 2 nitrogen and oxygen atoms in total. The Labute approximate surface area is 74.9 Å². The maximum atomic E-state index is 10.3. The fourth-order valence-electron chi connectivity index (χ4n) is 1.89. The van der Waals surface area contributed by atoms with Crippen LogP contribution in [-0.4, -0.2) is 30.3 Å².